The van der Waals surface area contributed by atoms with Gasteiger partial charge < -0.3 is 29.4 Å². The molecular formula is C28H54N4O5. The SMILES string of the molecule is CCC(C)C(C(CC(=O)N1CCCC1C(OC)C(C)C)OC)N(C)C(=O)CN(O)CC1CCCCN1C. The van der Waals surface area contributed by atoms with E-state index in [1.807, 2.05) is 4.90 Å². The van der Waals surface area contributed by atoms with Crippen molar-refractivity contribution in [1.82, 2.24) is 19.8 Å². The predicted octanol–water partition coefficient (Wildman–Crippen LogP) is 3.10. The van der Waals surface area contributed by atoms with Crippen LogP contribution in [0.1, 0.15) is 72.6 Å². The summed E-state index contributed by atoms with van der Waals surface area (Å²) in [5.74, 6) is 0.322. The number of carbonyl (C=O) groups excluding carboxylic acids is 2. The summed E-state index contributed by atoms with van der Waals surface area (Å²) in [6.45, 7) is 10.6. The summed E-state index contributed by atoms with van der Waals surface area (Å²) >= 11 is 0. The van der Waals surface area contributed by atoms with Gasteiger partial charge >= 0.3 is 0 Å². The van der Waals surface area contributed by atoms with Crippen molar-refractivity contribution >= 4 is 11.8 Å². The first kappa shape index (κ1) is 32.0. The molecule has 0 aromatic rings. The molecule has 0 saturated carbocycles. The molecule has 2 aliphatic heterocycles. The highest BCUT2D eigenvalue weighted by Gasteiger charge is 2.40. The molecule has 2 fully saturated rings. The maximum absolute atomic E-state index is 13.5. The molecule has 0 aromatic carbocycles. The van der Waals surface area contributed by atoms with Gasteiger partial charge in [-0.2, -0.15) is 5.06 Å². The number of likely N-dealkylation sites (N-methyl/N-ethyl adjacent to an activating group) is 2. The first-order valence-corrected chi connectivity index (χ1v) is 14.3. The third-order valence-electron chi connectivity index (χ3n) is 8.72. The second-order valence-electron chi connectivity index (χ2n) is 11.6. The Morgan fingerprint density at radius 2 is 1.76 bits per heavy atom. The maximum atomic E-state index is 13.5. The van der Waals surface area contributed by atoms with Gasteiger partial charge in [-0.3, -0.25) is 9.59 Å². The summed E-state index contributed by atoms with van der Waals surface area (Å²) in [5, 5.41) is 11.8. The Morgan fingerprint density at radius 1 is 1.05 bits per heavy atom. The first-order valence-electron chi connectivity index (χ1n) is 14.3. The van der Waals surface area contributed by atoms with Crippen LogP contribution in [0.2, 0.25) is 0 Å². The zero-order chi connectivity index (χ0) is 27.7. The maximum Gasteiger partial charge on any atom is 0.239 e. The average Bonchev–Trinajstić information content (AvgIpc) is 3.34. The van der Waals surface area contributed by atoms with Crippen molar-refractivity contribution in [1.29, 1.82) is 0 Å². The van der Waals surface area contributed by atoms with Crippen LogP contribution in [0.5, 0.6) is 0 Å². The van der Waals surface area contributed by atoms with Crippen molar-refractivity contribution < 1.29 is 24.3 Å². The summed E-state index contributed by atoms with van der Waals surface area (Å²) in [4.78, 5) is 32.8. The lowest BCUT2D eigenvalue weighted by Crippen LogP contribution is -2.54. The van der Waals surface area contributed by atoms with E-state index in [-0.39, 0.29) is 54.9 Å². The van der Waals surface area contributed by atoms with Crippen LogP contribution in [-0.4, -0.2) is 122 Å². The van der Waals surface area contributed by atoms with Gasteiger partial charge in [0.1, 0.15) is 6.54 Å². The quantitative estimate of drug-likeness (QED) is 0.348. The standard InChI is InChI=1S/C28H54N4O5/c1-9-21(4)27(30(6)26(34)19-31(35)18-22-13-10-11-15-29(22)5)24(36-7)17-25(33)32-16-12-14-23(32)28(37-8)20(2)3/h20-24,27-28,35H,9-19H2,1-8H3. The van der Waals surface area contributed by atoms with E-state index in [0.717, 1.165) is 50.3 Å². The number of likely N-dealkylation sites (tertiary alicyclic amines) is 2. The van der Waals surface area contributed by atoms with Gasteiger partial charge in [0.2, 0.25) is 11.8 Å². The van der Waals surface area contributed by atoms with E-state index >= 15 is 0 Å². The number of hydrogen-bond donors (Lipinski definition) is 1. The Balaban J connectivity index is 2.08. The fourth-order valence-corrected chi connectivity index (χ4v) is 6.31. The van der Waals surface area contributed by atoms with E-state index in [2.05, 4.69) is 39.6 Å². The van der Waals surface area contributed by atoms with Crippen molar-refractivity contribution in [2.24, 2.45) is 11.8 Å². The number of piperidine rings is 1. The minimum atomic E-state index is -0.436. The van der Waals surface area contributed by atoms with Crippen molar-refractivity contribution in [3.63, 3.8) is 0 Å². The normalized spacial score (nSPS) is 24.4. The molecule has 1 N–H and O–H groups in total. The van der Waals surface area contributed by atoms with Crippen molar-refractivity contribution in [2.75, 3.05) is 54.5 Å². The predicted molar refractivity (Wildman–Crippen MR) is 145 cm³/mol. The Bertz CT molecular complexity index is 708. The highest BCUT2D eigenvalue weighted by molar-refractivity contribution is 5.79. The molecule has 0 aromatic heterocycles. The van der Waals surface area contributed by atoms with Crippen LogP contribution in [0.4, 0.5) is 0 Å². The van der Waals surface area contributed by atoms with Gasteiger partial charge in [-0.05, 0) is 51.1 Å². The zero-order valence-electron chi connectivity index (χ0n) is 24.7. The molecule has 37 heavy (non-hydrogen) atoms. The third kappa shape index (κ3) is 8.62. The monoisotopic (exact) mass is 526 g/mol. The molecule has 2 aliphatic rings. The summed E-state index contributed by atoms with van der Waals surface area (Å²) in [7, 11) is 7.19. The number of nitrogens with zero attached hydrogens (tertiary/aromatic N) is 4. The van der Waals surface area contributed by atoms with Gasteiger partial charge in [0.15, 0.2) is 0 Å². The summed E-state index contributed by atoms with van der Waals surface area (Å²) in [6, 6.07) is 0.0422. The molecule has 2 rings (SSSR count). The smallest absolute Gasteiger partial charge is 0.239 e. The largest absolute Gasteiger partial charge is 0.379 e. The van der Waals surface area contributed by atoms with Crippen molar-refractivity contribution in [3.05, 3.63) is 0 Å². The Labute approximate surface area is 225 Å². The Hall–Kier alpha value is -1.26. The fourth-order valence-electron chi connectivity index (χ4n) is 6.31. The van der Waals surface area contributed by atoms with Crippen LogP contribution >= 0.6 is 0 Å². The van der Waals surface area contributed by atoms with E-state index in [4.69, 9.17) is 9.47 Å². The van der Waals surface area contributed by atoms with Crippen LogP contribution in [0.15, 0.2) is 0 Å². The molecule has 2 amide bonds. The molecule has 0 bridgehead atoms. The van der Waals surface area contributed by atoms with Gasteiger partial charge in [0.25, 0.3) is 0 Å². The lowest BCUT2D eigenvalue weighted by Gasteiger charge is -2.40. The number of rotatable bonds is 14. The van der Waals surface area contributed by atoms with Crippen LogP contribution in [0.3, 0.4) is 0 Å². The lowest BCUT2D eigenvalue weighted by atomic mass is 9.90. The molecule has 2 heterocycles. The molecular weight excluding hydrogens is 472 g/mol. The van der Waals surface area contributed by atoms with E-state index in [9.17, 15) is 14.8 Å². The zero-order valence-corrected chi connectivity index (χ0v) is 24.7. The second-order valence-corrected chi connectivity index (χ2v) is 11.6. The fraction of sp³-hybridized carbons (Fsp3) is 0.929. The minimum absolute atomic E-state index is 0.000745. The molecule has 216 valence electrons. The molecule has 0 spiro atoms. The number of carbonyl (C=O) groups is 2. The van der Waals surface area contributed by atoms with Gasteiger partial charge in [-0.25, -0.2) is 0 Å². The van der Waals surface area contributed by atoms with Crippen LogP contribution < -0.4 is 0 Å². The molecule has 2 saturated heterocycles. The molecule has 9 heteroatoms. The average molecular weight is 527 g/mol. The van der Waals surface area contributed by atoms with Crippen molar-refractivity contribution in [3.8, 4) is 0 Å². The van der Waals surface area contributed by atoms with Crippen LogP contribution in [0, 0.1) is 11.8 Å². The van der Waals surface area contributed by atoms with Crippen LogP contribution in [0.25, 0.3) is 0 Å². The number of ether oxygens (including phenoxy) is 2. The topological polar surface area (TPSA) is 85.8 Å². The minimum Gasteiger partial charge on any atom is -0.379 e. The highest BCUT2D eigenvalue weighted by Crippen LogP contribution is 2.29. The molecule has 0 radical (unpaired) electrons. The van der Waals surface area contributed by atoms with Crippen LogP contribution in [-0.2, 0) is 19.1 Å². The summed E-state index contributed by atoms with van der Waals surface area (Å²) < 4.78 is 11.7. The summed E-state index contributed by atoms with van der Waals surface area (Å²) in [6.07, 6.45) is 5.88. The van der Waals surface area contributed by atoms with Crippen molar-refractivity contribution in [2.45, 2.75) is 103 Å². The van der Waals surface area contributed by atoms with E-state index < -0.39 is 6.10 Å². The molecule has 6 unspecified atom stereocenters. The van der Waals surface area contributed by atoms with Gasteiger partial charge in [-0.1, -0.05) is 40.5 Å². The third-order valence-corrected chi connectivity index (χ3v) is 8.72. The molecule has 6 atom stereocenters. The number of methoxy groups -OCH3 is 2. The summed E-state index contributed by atoms with van der Waals surface area (Å²) in [5.41, 5.74) is 0. The Morgan fingerprint density at radius 3 is 2.32 bits per heavy atom. The van der Waals surface area contributed by atoms with E-state index in [1.165, 1.54) is 6.42 Å². The molecule has 0 aliphatic carbocycles. The molecule has 9 nitrogen and oxygen atoms in total. The first-order chi connectivity index (χ1) is 17.5. The number of hydroxylamine groups is 2. The highest BCUT2D eigenvalue weighted by atomic mass is 16.5. The number of amides is 2. The second kappa shape index (κ2) is 15.4. The van der Waals surface area contributed by atoms with Gasteiger partial charge in [-0.15, -0.1) is 0 Å². The van der Waals surface area contributed by atoms with E-state index in [0.29, 0.717) is 12.5 Å². The Kier molecular flexibility index (Phi) is 13.3. The van der Waals surface area contributed by atoms with Gasteiger partial charge in [0.05, 0.1) is 30.7 Å². The van der Waals surface area contributed by atoms with Gasteiger partial charge in [0, 0.05) is 40.4 Å². The van der Waals surface area contributed by atoms with E-state index in [1.54, 1.807) is 26.2 Å². The number of hydrogen-bond acceptors (Lipinski definition) is 7. The lowest BCUT2D eigenvalue weighted by molar-refractivity contribution is -0.157.